The molecule has 0 bridgehead atoms. The molecule has 1 amide bonds. The lowest BCUT2D eigenvalue weighted by molar-refractivity contribution is -0.124. The van der Waals surface area contributed by atoms with Gasteiger partial charge in [-0.2, -0.15) is 0 Å². The van der Waals surface area contributed by atoms with Crippen LogP contribution in [0.25, 0.3) is 0 Å². The van der Waals surface area contributed by atoms with Crippen LogP contribution in [0.2, 0.25) is 0 Å². The molecule has 0 aromatic heterocycles. The van der Waals surface area contributed by atoms with E-state index in [1.165, 1.54) is 0 Å². The Morgan fingerprint density at radius 3 is 2.59 bits per heavy atom. The Labute approximate surface area is 132 Å². The molecule has 0 aliphatic rings. The van der Waals surface area contributed by atoms with Crippen molar-refractivity contribution in [2.75, 3.05) is 20.7 Å². The lowest BCUT2D eigenvalue weighted by Crippen LogP contribution is -2.46. The fourth-order valence-electron chi connectivity index (χ4n) is 2.11. The molecule has 1 atom stereocenters. The molecule has 0 saturated heterocycles. The van der Waals surface area contributed by atoms with Crippen LogP contribution >= 0.6 is 0 Å². The third kappa shape index (κ3) is 5.15. The summed E-state index contributed by atoms with van der Waals surface area (Å²) >= 11 is 0. The number of hydrogen-bond donors (Lipinski definition) is 2. The predicted molar refractivity (Wildman–Crippen MR) is 87.1 cm³/mol. The van der Waals surface area contributed by atoms with Gasteiger partial charge in [0, 0.05) is 12.0 Å². The molecule has 0 aliphatic heterocycles. The molecule has 0 aliphatic carbocycles. The molecule has 5 nitrogen and oxygen atoms in total. The van der Waals surface area contributed by atoms with Crippen molar-refractivity contribution in [3.05, 3.63) is 29.3 Å². The SMILES string of the molecule is CN[C@H](Cc1ccc(OC)c(C)c1)C(=O)NCC(C)(C)C=O. The number of likely N-dealkylation sites (N-methyl/N-ethyl adjacent to an activating group) is 1. The highest BCUT2D eigenvalue weighted by atomic mass is 16.5. The van der Waals surface area contributed by atoms with Gasteiger partial charge in [-0.05, 0) is 37.6 Å². The first-order valence-electron chi connectivity index (χ1n) is 7.38. The molecule has 1 rings (SSSR count). The summed E-state index contributed by atoms with van der Waals surface area (Å²) in [7, 11) is 3.39. The molecule has 5 heteroatoms. The van der Waals surface area contributed by atoms with Crippen LogP contribution in [0.15, 0.2) is 18.2 Å². The molecule has 2 N–H and O–H groups in total. The van der Waals surface area contributed by atoms with E-state index in [2.05, 4.69) is 10.6 Å². The number of aryl methyl sites for hydroxylation is 1. The molecular weight excluding hydrogens is 280 g/mol. The Kier molecular flexibility index (Phi) is 6.56. The maximum absolute atomic E-state index is 12.2. The molecule has 0 unspecified atom stereocenters. The Bertz CT molecular complexity index is 527. The van der Waals surface area contributed by atoms with Gasteiger partial charge in [0.25, 0.3) is 0 Å². The average molecular weight is 306 g/mol. The van der Waals surface area contributed by atoms with Crippen LogP contribution in [0.5, 0.6) is 5.75 Å². The number of methoxy groups -OCH3 is 1. The smallest absolute Gasteiger partial charge is 0.237 e. The van der Waals surface area contributed by atoms with Gasteiger partial charge < -0.3 is 20.2 Å². The van der Waals surface area contributed by atoms with Gasteiger partial charge in [0.15, 0.2) is 0 Å². The van der Waals surface area contributed by atoms with Crippen LogP contribution in [-0.4, -0.2) is 38.9 Å². The lowest BCUT2D eigenvalue weighted by atomic mass is 9.95. The molecule has 0 heterocycles. The molecule has 22 heavy (non-hydrogen) atoms. The summed E-state index contributed by atoms with van der Waals surface area (Å²) < 4.78 is 5.24. The highest BCUT2D eigenvalue weighted by molar-refractivity contribution is 5.82. The third-order valence-electron chi connectivity index (χ3n) is 3.60. The summed E-state index contributed by atoms with van der Waals surface area (Å²) in [5.74, 6) is 0.729. The molecule has 0 spiro atoms. The molecular formula is C17H26N2O3. The van der Waals surface area contributed by atoms with Gasteiger partial charge in [-0.15, -0.1) is 0 Å². The highest BCUT2D eigenvalue weighted by Gasteiger charge is 2.22. The molecule has 1 aromatic carbocycles. The standard InChI is InChI=1S/C17H26N2O3/c1-12-8-13(6-7-15(12)22-5)9-14(18-4)16(21)19-10-17(2,3)11-20/h6-8,11,14,18H,9-10H2,1-5H3,(H,19,21)/t14-/m1/s1. The number of hydrogen-bond acceptors (Lipinski definition) is 4. The molecule has 122 valence electrons. The van der Waals surface area contributed by atoms with Crippen molar-refractivity contribution in [3.63, 3.8) is 0 Å². The van der Waals surface area contributed by atoms with Crippen LogP contribution in [0.1, 0.15) is 25.0 Å². The Morgan fingerprint density at radius 2 is 2.09 bits per heavy atom. The summed E-state index contributed by atoms with van der Waals surface area (Å²) in [4.78, 5) is 23.1. The second-order valence-corrected chi connectivity index (χ2v) is 6.17. The zero-order chi connectivity index (χ0) is 16.8. The summed E-state index contributed by atoms with van der Waals surface area (Å²) in [5, 5.41) is 5.85. The van der Waals surface area contributed by atoms with E-state index in [4.69, 9.17) is 4.74 Å². The van der Waals surface area contributed by atoms with Gasteiger partial charge >= 0.3 is 0 Å². The van der Waals surface area contributed by atoms with E-state index in [0.29, 0.717) is 13.0 Å². The van der Waals surface area contributed by atoms with Crippen LogP contribution in [0.4, 0.5) is 0 Å². The van der Waals surface area contributed by atoms with Crippen LogP contribution in [0.3, 0.4) is 0 Å². The zero-order valence-corrected chi connectivity index (χ0v) is 14.0. The van der Waals surface area contributed by atoms with E-state index >= 15 is 0 Å². The Balaban J connectivity index is 2.70. The molecule has 0 saturated carbocycles. The number of amides is 1. The van der Waals surface area contributed by atoms with Crippen molar-refractivity contribution in [2.24, 2.45) is 5.41 Å². The first-order chi connectivity index (χ1) is 10.3. The van der Waals surface area contributed by atoms with E-state index < -0.39 is 5.41 Å². The van der Waals surface area contributed by atoms with Crippen molar-refractivity contribution in [2.45, 2.75) is 33.2 Å². The van der Waals surface area contributed by atoms with E-state index in [9.17, 15) is 9.59 Å². The third-order valence-corrected chi connectivity index (χ3v) is 3.60. The first-order valence-corrected chi connectivity index (χ1v) is 7.38. The van der Waals surface area contributed by atoms with E-state index in [1.54, 1.807) is 28.0 Å². The monoisotopic (exact) mass is 306 g/mol. The molecule has 1 aromatic rings. The van der Waals surface area contributed by atoms with Gasteiger partial charge in [0.1, 0.15) is 12.0 Å². The van der Waals surface area contributed by atoms with Gasteiger partial charge in [-0.3, -0.25) is 4.79 Å². The second kappa shape index (κ2) is 7.94. The number of carbonyl (C=O) groups excluding carboxylic acids is 2. The first kappa shape index (κ1) is 18.2. The normalized spacial score (nSPS) is 12.6. The fourth-order valence-corrected chi connectivity index (χ4v) is 2.11. The topological polar surface area (TPSA) is 67.4 Å². The maximum atomic E-state index is 12.2. The number of benzene rings is 1. The Hall–Kier alpha value is -1.88. The predicted octanol–water partition coefficient (Wildman–Crippen LogP) is 1.48. The number of nitrogens with one attached hydrogen (secondary N) is 2. The number of ether oxygens (including phenoxy) is 1. The van der Waals surface area contributed by atoms with Crippen molar-refractivity contribution in [3.8, 4) is 5.75 Å². The number of carbonyl (C=O) groups is 2. The molecule has 0 radical (unpaired) electrons. The van der Waals surface area contributed by atoms with Gasteiger partial charge in [0.2, 0.25) is 5.91 Å². The summed E-state index contributed by atoms with van der Waals surface area (Å²) in [6.45, 7) is 5.89. The summed E-state index contributed by atoms with van der Waals surface area (Å²) in [6.07, 6.45) is 1.43. The zero-order valence-electron chi connectivity index (χ0n) is 14.0. The number of rotatable bonds is 8. The van der Waals surface area contributed by atoms with Crippen molar-refractivity contribution >= 4 is 12.2 Å². The van der Waals surface area contributed by atoms with Crippen LogP contribution in [-0.2, 0) is 16.0 Å². The average Bonchev–Trinajstić information content (AvgIpc) is 2.50. The fraction of sp³-hybridized carbons (Fsp3) is 0.529. The minimum atomic E-state index is -0.551. The van der Waals surface area contributed by atoms with E-state index in [0.717, 1.165) is 23.2 Å². The molecule has 0 fully saturated rings. The minimum Gasteiger partial charge on any atom is -0.496 e. The minimum absolute atomic E-state index is 0.106. The van der Waals surface area contributed by atoms with E-state index in [1.807, 2.05) is 25.1 Å². The van der Waals surface area contributed by atoms with Gasteiger partial charge in [0.05, 0.1) is 13.2 Å². The second-order valence-electron chi connectivity index (χ2n) is 6.17. The van der Waals surface area contributed by atoms with Crippen molar-refractivity contribution < 1.29 is 14.3 Å². The van der Waals surface area contributed by atoms with Crippen molar-refractivity contribution in [1.82, 2.24) is 10.6 Å². The Morgan fingerprint density at radius 1 is 1.41 bits per heavy atom. The van der Waals surface area contributed by atoms with Gasteiger partial charge in [-0.25, -0.2) is 0 Å². The quantitative estimate of drug-likeness (QED) is 0.714. The van der Waals surface area contributed by atoms with Crippen molar-refractivity contribution in [1.29, 1.82) is 0 Å². The summed E-state index contributed by atoms with van der Waals surface area (Å²) in [6, 6.07) is 5.55. The van der Waals surface area contributed by atoms with E-state index in [-0.39, 0.29) is 11.9 Å². The van der Waals surface area contributed by atoms with Crippen LogP contribution in [0, 0.1) is 12.3 Å². The number of aldehydes is 1. The largest absolute Gasteiger partial charge is 0.496 e. The van der Waals surface area contributed by atoms with Gasteiger partial charge in [-0.1, -0.05) is 26.0 Å². The lowest BCUT2D eigenvalue weighted by Gasteiger charge is -2.21. The highest BCUT2D eigenvalue weighted by Crippen LogP contribution is 2.19. The van der Waals surface area contributed by atoms with Crippen LogP contribution < -0.4 is 15.4 Å². The summed E-state index contributed by atoms with van der Waals surface area (Å²) in [5.41, 5.74) is 1.55. The maximum Gasteiger partial charge on any atom is 0.237 e.